The van der Waals surface area contributed by atoms with Gasteiger partial charge < -0.3 is 10.1 Å². The van der Waals surface area contributed by atoms with Crippen LogP contribution in [0.1, 0.15) is 39.0 Å². The standard InChI is InChI=1S/C12H23NOS/c1-2-15-12-5-3-4-10(8-12)13-11-6-7-14-9-11/h10-13H,2-9H2,1H3. The molecule has 1 N–H and O–H groups in total. The molecule has 15 heavy (non-hydrogen) atoms. The van der Waals surface area contributed by atoms with Gasteiger partial charge in [-0.3, -0.25) is 0 Å². The van der Waals surface area contributed by atoms with Gasteiger partial charge in [-0.1, -0.05) is 13.3 Å². The van der Waals surface area contributed by atoms with Crippen LogP contribution in [0.2, 0.25) is 0 Å². The van der Waals surface area contributed by atoms with Gasteiger partial charge in [0.05, 0.1) is 6.61 Å². The number of thioether (sulfide) groups is 1. The van der Waals surface area contributed by atoms with Crippen molar-refractivity contribution in [3.05, 3.63) is 0 Å². The molecule has 3 heteroatoms. The molecule has 2 fully saturated rings. The van der Waals surface area contributed by atoms with Crippen molar-refractivity contribution in [1.29, 1.82) is 0 Å². The van der Waals surface area contributed by atoms with Crippen molar-refractivity contribution in [2.45, 2.75) is 56.4 Å². The predicted molar refractivity (Wildman–Crippen MR) is 66.5 cm³/mol. The second-order valence-corrected chi connectivity index (χ2v) is 6.25. The average Bonchev–Trinajstić information content (AvgIpc) is 2.71. The van der Waals surface area contributed by atoms with E-state index in [9.17, 15) is 0 Å². The highest BCUT2D eigenvalue weighted by molar-refractivity contribution is 7.99. The molecule has 2 nitrogen and oxygen atoms in total. The zero-order valence-electron chi connectivity index (χ0n) is 9.71. The molecule has 0 aromatic rings. The molecule has 2 aliphatic rings. The maximum atomic E-state index is 5.41. The summed E-state index contributed by atoms with van der Waals surface area (Å²) in [6, 6.07) is 1.40. The summed E-state index contributed by atoms with van der Waals surface area (Å²) in [6.07, 6.45) is 6.79. The third-order valence-corrected chi connectivity index (χ3v) is 4.66. The Morgan fingerprint density at radius 2 is 2.20 bits per heavy atom. The monoisotopic (exact) mass is 229 g/mol. The van der Waals surface area contributed by atoms with Crippen LogP contribution < -0.4 is 5.32 Å². The Morgan fingerprint density at radius 1 is 1.27 bits per heavy atom. The minimum atomic E-state index is 0.639. The molecule has 0 radical (unpaired) electrons. The van der Waals surface area contributed by atoms with Gasteiger partial charge in [0.1, 0.15) is 0 Å². The number of hydrogen-bond donors (Lipinski definition) is 1. The van der Waals surface area contributed by atoms with E-state index in [1.54, 1.807) is 0 Å². The number of ether oxygens (including phenoxy) is 1. The molecule has 3 unspecified atom stereocenters. The van der Waals surface area contributed by atoms with E-state index in [1.165, 1.54) is 37.9 Å². The van der Waals surface area contributed by atoms with Crippen molar-refractivity contribution in [3.63, 3.8) is 0 Å². The van der Waals surface area contributed by atoms with E-state index in [4.69, 9.17) is 4.74 Å². The lowest BCUT2D eigenvalue weighted by molar-refractivity contribution is 0.186. The normalized spacial score (nSPS) is 37.0. The lowest BCUT2D eigenvalue weighted by Crippen LogP contribution is -2.42. The summed E-state index contributed by atoms with van der Waals surface area (Å²) in [4.78, 5) is 0. The molecule has 1 saturated carbocycles. The zero-order valence-corrected chi connectivity index (χ0v) is 10.5. The molecule has 88 valence electrons. The van der Waals surface area contributed by atoms with Crippen molar-refractivity contribution in [1.82, 2.24) is 5.32 Å². The Balaban J connectivity index is 1.71. The Kier molecular flexibility index (Phi) is 4.79. The minimum Gasteiger partial charge on any atom is -0.380 e. The van der Waals surface area contributed by atoms with Crippen LogP contribution in [-0.4, -0.2) is 36.3 Å². The van der Waals surface area contributed by atoms with Gasteiger partial charge in [-0.25, -0.2) is 0 Å². The summed E-state index contributed by atoms with van der Waals surface area (Å²) in [6.45, 7) is 4.16. The van der Waals surface area contributed by atoms with Crippen LogP contribution in [0.5, 0.6) is 0 Å². The maximum absolute atomic E-state index is 5.41. The van der Waals surface area contributed by atoms with Crippen molar-refractivity contribution in [3.8, 4) is 0 Å². The summed E-state index contributed by atoms with van der Waals surface area (Å²) in [5, 5.41) is 4.67. The predicted octanol–water partition coefficient (Wildman–Crippen LogP) is 2.43. The van der Waals surface area contributed by atoms with Gasteiger partial charge in [0.15, 0.2) is 0 Å². The number of rotatable bonds is 4. The molecule has 1 saturated heterocycles. The lowest BCUT2D eigenvalue weighted by atomic mass is 9.94. The Labute approximate surface area is 97.5 Å². The molecule has 2 rings (SSSR count). The topological polar surface area (TPSA) is 21.3 Å². The number of nitrogens with one attached hydrogen (secondary N) is 1. The Morgan fingerprint density at radius 3 is 2.93 bits per heavy atom. The first-order valence-corrected chi connectivity index (χ1v) is 7.38. The van der Waals surface area contributed by atoms with E-state index < -0.39 is 0 Å². The molecule has 1 aliphatic carbocycles. The molecule has 0 amide bonds. The van der Waals surface area contributed by atoms with Gasteiger partial charge in [0.25, 0.3) is 0 Å². The van der Waals surface area contributed by atoms with E-state index in [-0.39, 0.29) is 0 Å². The van der Waals surface area contributed by atoms with Gasteiger partial charge in [-0.05, 0) is 31.4 Å². The van der Waals surface area contributed by atoms with Crippen molar-refractivity contribution in [2.75, 3.05) is 19.0 Å². The number of hydrogen-bond acceptors (Lipinski definition) is 3. The summed E-state index contributed by atoms with van der Waals surface area (Å²) in [5.74, 6) is 1.27. The lowest BCUT2D eigenvalue weighted by Gasteiger charge is -2.31. The highest BCUT2D eigenvalue weighted by atomic mass is 32.2. The van der Waals surface area contributed by atoms with Gasteiger partial charge in [-0.15, -0.1) is 0 Å². The molecular formula is C12H23NOS. The molecule has 1 heterocycles. The average molecular weight is 229 g/mol. The van der Waals surface area contributed by atoms with E-state index >= 15 is 0 Å². The van der Waals surface area contributed by atoms with Gasteiger partial charge in [0, 0.05) is 23.9 Å². The first kappa shape index (κ1) is 11.7. The summed E-state index contributed by atoms with van der Waals surface area (Å²) >= 11 is 2.14. The van der Waals surface area contributed by atoms with Crippen molar-refractivity contribution >= 4 is 11.8 Å². The largest absolute Gasteiger partial charge is 0.380 e. The van der Waals surface area contributed by atoms with Crippen molar-refractivity contribution < 1.29 is 4.74 Å². The van der Waals surface area contributed by atoms with Crippen LogP contribution in [-0.2, 0) is 4.74 Å². The van der Waals surface area contributed by atoms with Crippen molar-refractivity contribution in [2.24, 2.45) is 0 Å². The van der Waals surface area contributed by atoms with E-state index in [2.05, 4.69) is 24.0 Å². The smallest absolute Gasteiger partial charge is 0.0620 e. The van der Waals surface area contributed by atoms with Crippen LogP contribution >= 0.6 is 11.8 Å². The van der Waals surface area contributed by atoms with Crippen LogP contribution in [0.25, 0.3) is 0 Å². The van der Waals surface area contributed by atoms with Crippen LogP contribution in [0.3, 0.4) is 0 Å². The summed E-state index contributed by atoms with van der Waals surface area (Å²) in [5.41, 5.74) is 0. The third kappa shape index (κ3) is 3.65. The fourth-order valence-electron chi connectivity index (χ4n) is 2.68. The Hall–Kier alpha value is 0.270. The molecule has 0 bridgehead atoms. The summed E-state index contributed by atoms with van der Waals surface area (Å²) in [7, 11) is 0. The van der Waals surface area contributed by atoms with E-state index in [0.29, 0.717) is 6.04 Å². The second kappa shape index (κ2) is 6.12. The molecule has 0 spiro atoms. The molecule has 1 aliphatic heterocycles. The first-order valence-electron chi connectivity index (χ1n) is 6.34. The highest BCUT2D eigenvalue weighted by Crippen LogP contribution is 2.28. The first-order chi connectivity index (χ1) is 7.38. The molecular weight excluding hydrogens is 206 g/mol. The van der Waals surface area contributed by atoms with Crippen LogP contribution in [0.4, 0.5) is 0 Å². The minimum absolute atomic E-state index is 0.639. The Bertz CT molecular complexity index is 180. The molecule has 3 atom stereocenters. The van der Waals surface area contributed by atoms with Gasteiger partial charge in [0.2, 0.25) is 0 Å². The fraction of sp³-hybridized carbons (Fsp3) is 1.00. The van der Waals surface area contributed by atoms with Gasteiger partial charge in [-0.2, -0.15) is 11.8 Å². The van der Waals surface area contributed by atoms with E-state index in [0.717, 1.165) is 24.5 Å². The van der Waals surface area contributed by atoms with Crippen LogP contribution in [0, 0.1) is 0 Å². The molecule has 0 aromatic heterocycles. The highest BCUT2D eigenvalue weighted by Gasteiger charge is 2.25. The van der Waals surface area contributed by atoms with E-state index in [1.807, 2.05) is 0 Å². The molecule has 0 aromatic carbocycles. The van der Waals surface area contributed by atoms with Gasteiger partial charge >= 0.3 is 0 Å². The summed E-state index contributed by atoms with van der Waals surface area (Å²) < 4.78 is 5.41. The zero-order chi connectivity index (χ0) is 10.5. The third-order valence-electron chi connectivity index (χ3n) is 3.43. The fourth-order valence-corrected chi connectivity index (χ4v) is 3.86. The quantitative estimate of drug-likeness (QED) is 0.800. The maximum Gasteiger partial charge on any atom is 0.0620 e. The second-order valence-electron chi connectivity index (χ2n) is 4.67. The SMILES string of the molecule is CCSC1CCCC(NC2CCOC2)C1. The van der Waals surface area contributed by atoms with Crippen LogP contribution in [0.15, 0.2) is 0 Å².